The van der Waals surface area contributed by atoms with Gasteiger partial charge in [-0.1, -0.05) is 25.1 Å². The lowest BCUT2D eigenvalue weighted by molar-refractivity contribution is 0.0387. The maximum Gasteiger partial charge on any atom is 0.261 e. The fraction of sp³-hybridized carbons (Fsp3) is 0.321. The molecule has 1 amide bonds. The van der Waals surface area contributed by atoms with Crippen LogP contribution in [-0.2, 0) is 20.0 Å². The molecule has 0 saturated carbocycles. The van der Waals surface area contributed by atoms with Gasteiger partial charge in [-0.05, 0) is 61.5 Å². The monoisotopic (exact) mass is 605 g/mol. The lowest BCUT2D eigenvalue weighted by Crippen LogP contribution is -2.50. The Balaban J connectivity index is 1.68. The first kappa shape index (κ1) is 30.4. The van der Waals surface area contributed by atoms with E-state index >= 15 is 0 Å². The van der Waals surface area contributed by atoms with E-state index in [-0.39, 0.29) is 52.4 Å². The van der Waals surface area contributed by atoms with Gasteiger partial charge in [-0.15, -0.1) is 0 Å². The quantitative estimate of drug-likeness (QED) is 0.383. The van der Waals surface area contributed by atoms with Crippen LogP contribution in [0.3, 0.4) is 0 Å². The van der Waals surface area contributed by atoms with Crippen LogP contribution in [0, 0.1) is 11.7 Å². The van der Waals surface area contributed by atoms with Crippen molar-refractivity contribution in [3.63, 3.8) is 0 Å². The lowest BCUT2D eigenvalue weighted by atomic mass is 9.99. The molecular formula is C28H32FN3O7S2. The number of nitrogens with one attached hydrogen (secondary N) is 1. The van der Waals surface area contributed by atoms with Crippen LogP contribution in [0.5, 0.6) is 5.75 Å². The van der Waals surface area contributed by atoms with Crippen molar-refractivity contribution in [3.8, 4) is 5.75 Å². The molecule has 2 N–H and O–H groups in total. The molecule has 10 nitrogen and oxygen atoms in total. The zero-order valence-corrected chi connectivity index (χ0v) is 24.4. The molecule has 41 heavy (non-hydrogen) atoms. The van der Waals surface area contributed by atoms with E-state index in [0.29, 0.717) is 0 Å². The number of rotatable bonds is 9. The van der Waals surface area contributed by atoms with Gasteiger partial charge in [0.2, 0.25) is 10.0 Å². The van der Waals surface area contributed by atoms with Crippen molar-refractivity contribution >= 4 is 31.6 Å². The molecular weight excluding hydrogens is 573 g/mol. The number of nitrogens with zero attached hydrogens (tertiary/aromatic N) is 2. The van der Waals surface area contributed by atoms with Gasteiger partial charge in [-0.2, -0.15) is 4.31 Å². The van der Waals surface area contributed by atoms with Gasteiger partial charge >= 0.3 is 0 Å². The third-order valence-corrected chi connectivity index (χ3v) is 10.2. The summed E-state index contributed by atoms with van der Waals surface area (Å²) < 4.78 is 75.2. The van der Waals surface area contributed by atoms with Gasteiger partial charge in [0.05, 0.1) is 34.5 Å². The summed E-state index contributed by atoms with van der Waals surface area (Å²) in [6.45, 7) is 3.29. The van der Waals surface area contributed by atoms with Crippen LogP contribution >= 0.6 is 0 Å². The predicted octanol–water partition coefficient (Wildman–Crippen LogP) is 3.17. The topological polar surface area (TPSA) is 133 Å². The minimum atomic E-state index is -4.10. The van der Waals surface area contributed by atoms with Gasteiger partial charge in [-0.3, -0.25) is 9.52 Å². The first-order valence-electron chi connectivity index (χ1n) is 12.9. The van der Waals surface area contributed by atoms with E-state index < -0.39 is 43.9 Å². The smallest absolute Gasteiger partial charge is 0.261 e. The van der Waals surface area contributed by atoms with E-state index in [1.807, 2.05) is 6.92 Å². The number of anilines is 1. The summed E-state index contributed by atoms with van der Waals surface area (Å²) in [6.07, 6.45) is -0.694. The second-order valence-electron chi connectivity index (χ2n) is 9.99. The van der Waals surface area contributed by atoms with Crippen molar-refractivity contribution in [2.75, 3.05) is 31.5 Å². The van der Waals surface area contributed by atoms with Gasteiger partial charge in [-0.25, -0.2) is 21.2 Å². The number of aliphatic hydroxyl groups excluding tert-OH is 1. The second-order valence-corrected chi connectivity index (χ2v) is 13.7. The molecule has 0 bridgehead atoms. The van der Waals surface area contributed by atoms with Crippen molar-refractivity contribution in [1.29, 1.82) is 0 Å². The van der Waals surface area contributed by atoms with Crippen molar-refractivity contribution in [2.45, 2.75) is 35.8 Å². The van der Waals surface area contributed by atoms with Crippen LogP contribution in [0.1, 0.15) is 24.2 Å². The molecule has 3 aromatic rings. The molecule has 3 aromatic carbocycles. The number of benzene rings is 3. The van der Waals surface area contributed by atoms with Crippen LogP contribution in [0.15, 0.2) is 82.6 Å². The third kappa shape index (κ3) is 6.70. The predicted molar refractivity (Wildman–Crippen MR) is 151 cm³/mol. The molecule has 0 fully saturated rings. The molecule has 220 valence electrons. The highest BCUT2D eigenvalue weighted by Gasteiger charge is 2.35. The third-order valence-electron chi connectivity index (χ3n) is 6.93. The fourth-order valence-electron chi connectivity index (χ4n) is 4.46. The van der Waals surface area contributed by atoms with E-state index in [1.54, 1.807) is 25.1 Å². The largest absolute Gasteiger partial charge is 0.488 e. The molecule has 3 atom stereocenters. The highest BCUT2D eigenvalue weighted by Crippen LogP contribution is 2.32. The molecule has 0 radical (unpaired) electrons. The second kappa shape index (κ2) is 12.1. The van der Waals surface area contributed by atoms with E-state index in [2.05, 4.69) is 4.72 Å². The van der Waals surface area contributed by atoms with Gasteiger partial charge in [0.25, 0.3) is 15.9 Å². The number of carbonyl (C=O) groups is 1. The highest BCUT2D eigenvalue weighted by atomic mass is 32.2. The van der Waals surface area contributed by atoms with Gasteiger partial charge < -0.3 is 14.7 Å². The average molecular weight is 606 g/mol. The number of fused-ring (bicyclic) bond motifs is 1. The van der Waals surface area contributed by atoms with Crippen LogP contribution in [0.25, 0.3) is 0 Å². The molecule has 1 heterocycles. The molecule has 0 aromatic heterocycles. The SMILES string of the molecule is C[C@H]1CN([C@@H](C)CO)C(=O)c2cc(NS(=O)(=O)c3ccc(F)cc3)ccc2O[C@H]1CN(C)S(=O)(=O)c1ccccc1. The minimum absolute atomic E-state index is 0.0354. The molecule has 0 unspecified atom stereocenters. The Kier molecular flexibility index (Phi) is 9.02. The van der Waals surface area contributed by atoms with Crippen LogP contribution in [0.4, 0.5) is 10.1 Å². The normalized spacial score (nSPS) is 18.7. The van der Waals surface area contributed by atoms with Gasteiger partial charge in [0.15, 0.2) is 0 Å². The zero-order valence-electron chi connectivity index (χ0n) is 22.8. The van der Waals surface area contributed by atoms with Gasteiger partial charge in [0, 0.05) is 25.2 Å². The Bertz CT molecular complexity index is 1600. The molecule has 13 heteroatoms. The number of hydrogen-bond donors (Lipinski definition) is 2. The summed E-state index contributed by atoms with van der Waals surface area (Å²) in [5.41, 5.74) is 0.102. The fourth-order valence-corrected chi connectivity index (χ4v) is 6.71. The number of likely N-dealkylation sites (N-methyl/N-ethyl adjacent to an activating group) is 1. The molecule has 4 rings (SSSR count). The first-order valence-corrected chi connectivity index (χ1v) is 15.8. The number of amides is 1. The van der Waals surface area contributed by atoms with E-state index in [4.69, 9.17) is 4.74 Å². The maximum absolute atomic E-state index is 13.6. The first-order chi connectivity index (χ1) is 19.3. The Labute approximate surface area is 239 Å². The van der Waals surface area contributed by atoms with E-state index in [9.17, 15) is 31.1 Å². The number of hydrogen-bond acceptors (Lipinski definition) is 7. The number of ether oxygens (including phenoxy) is 1. The summed E-state index contributed by atoms with van der Waals surface area (Å²) in [7, 11) is -6.48. The standard InChI is InChI=1S/C28H32FN3O7S2/c1-19-16-32(20(2)18-33)28(34)25-15-22(30-40(35,36)23-12-9-21(29)10-13-23)11-14-26(25)39-27(19)17-31(3)41(37,38)24-7-5-4-6-8-24/h4-15,19-20,27,30,33H,16-18H2,1-3H3/t19-,20-,27-/m0/s1. The number of sulfonamides is 2. The van der Waals surface area contributed by atoms with Crippen LogP contribution < -0.4 is 9.46 Å². The van der Waals surface area contributed by atoms with E-state index in [1.165, 1.54) is 46.6 Å². The van der Waals surface area contributed by atoms with Crippen molar-refractivity contribution in [3.05, 3.63) is 84.2 Å². The molecule has 0 saturated heterocycles. The zero-order chi connectivity index (χ0) is 29.9. The Morgan fingerprint density at radius 1 is 1.05 bits per heavy atom. The average Bonchev–Trinajstić information content (AvgIpc) is 2.95. The molecule has 1 aliphatic rings. The maximum atomic E-state index is 13.6. The van der Waals surface area contributed by atoms with Crippen molar-refractivity contribution in [1.82, 2.24) is 9.21 Å². The lowest BCUT2D eigenvalue weighted by Gasteiger charge is -2.38. The number of aliphatic hydroxyl groups is 1. The summed E-state index contributed by atoms with van der Waals surface area (Å²) in [5.74, 6) is -1.28. The summed E-state index contributed by atoms with van der Waals surface area (Å²) in [5, 5.41) is 9.87. The van der Waals surface area contributed by atoms with E-state index in [0.717, 1.165) is 24.3 Å². The van der Waals surface area contributed by atoms with Crippen molar-refractivity contribution < 1.29 is 35.9 Å². The Morgan fingerprint density at radius 2 is 1.71 bits per heavy atom. The molecule has 1 aliphatic heterocycles. The summed E-state index contributed by atoms with van der Waals surface area (Å²) in [4.78, 5) is 15.1. The van der Waals surface area contributed by atoms with Crippen molar-refractivity contribution in [2.24, 2.45) is 5.92 Å². The molecule has 0 spiro atoms. The summed E-state index contributed by atoms with van der Waals surface area (Å²) >= 11 is 0. The Morgan fingerprint density at radius 3 is 2.34 bits per heavy atom. The molecule has 0 aliphatic carbocycles. The number of carbonyl (C=O) groups excluding carboxylic acids is 1. The van der Waals surface area contributed by atoms with Gasteiger partial charge in [0.1, 0.15) is 17.7 Å². The number of halogens is 1. The highest BCUT2D eigenvalue weighted by molar-refractivity contribution is 7.92. The van der Waals surface area contributed by atoms with Crippen LogP contribution in [0.2, 0.25) is 0 Å². The minimum Gasteiger partial charge on any atom is -0.488 e. The summed E-state index contributed by atoms with van der Waals surface area (Å²) in [6, 6.07) is 15.9. The van der Waals surface area contributed by atoms with Crippen LogP contribution in [-0.4, -0.2) is 75.9 Å². The Hall–Kier alpha value is -3.52.